The first-order valence-corrected chi connectivity index (χ1v) is 5.49. The lowest BCUT2D eigenvalue weighted by molar-refractivity contribution is -0.119. The van der Waals surface area contributed by atoms with Crippen molar-refractivity contribution in [2.75, 3.05) is 0 Å². The van der Waals surface area contributed by atoms with Crippen LogP contribution in [0.25, 0.3) is 0 Å². The number of amides is 1. The lowest BCUT2D eigenvalue weighted by atomic mass is 10.1. The van der Waals surface area contributed by atoms with Crippen molar-refractivity contribution >= 4 is 5.91 Å². The number of hydrogen-bond acceptors (Lipinski definition) is 3. The van der Waals surface area contributed by atoms with Crippen LogP contribution in [0, 0.1) is 0 Å². The molecule has 4 heteroatoms. The normalized spacial score (nSPS) is 13.2. The fourth-order valence-corrected chi connectivity index (χ4v) is 1.45. The van der Waals surface area contributed by atoms with E-state index in [1.54, 1.807) is 24.3 Å². The van der Waals surface area contributed by atoms with Crippen molar-refractivity contribution in [1.29, 1.82) is 0 Å². The highest BCUT2D eigenvalue weighted by molar-refractivity contribution is 5.80. The number of primary amides is 1. The summed E-state index contributed by atoms with van der Waals surface area (Å²) in [5.41, 5.74) is 7.20. The fourth-order valence-electron chi connectivity index (χ4n) is 1.45. The zero-order chi connectivity index (χ0) is 12.8. The van der Waals surface area contributed by atoms with Gasteiger partial charge in [-0.1, -0.05) is 18.2 Å². The molecule has 92 valence electrons. The highest BCUT2D eigenvalue weighted by Crippen LogP contribution is 2.11. The summed E-state index contributed by atoms with van der Waals surface area (Å²) in [4.78, 5) is 11.3. The molecule has 4 N–H and O–H groups in total. The molecule has 0 saturated carbocycles. The van der Waals surface area contributed by atoms with Gasteiger partial charge >= 0.3 is 0 Å². The highest BCUT2D eigenvalue weighted by atomic mass is 16.3. The largest absolute Gasteiger partial charge is 0.508 e. The molecule has 1 aromatic carbocycles. The lowest BCUT2D eigenvalue weighted by Crippen LogP contribution is -2.41. The van der Waals surface area contributed by atoms with Crippen LogP contribution in [0.2, 0.25) is 0 Å². The number of nitrogens with one attached hydrogen (secondary N) is 1. The van der Waals surface area contributed by atoms with E-state index in [-0.39, 0.29) is 11.7 Å². The predicted molar refractivity (Wildman–Crippen MR) is 67.4 cm³/mol. The van der Waals surface area contributed by atoms with E-state index in [4.69, 9.17) is 10.8 Å². The molecule has 0 aromatic heterocycles. The van der Waals surface area contributed by atoms with Crippen LogP contribution in [-0.4, -0.2) is 17.1 Å². The molecular formula is C13H18N2O2. The number of carbonyl (C=O) groups excluding carboxylic acids is 1. The Morgan fingerprint density at radius 3 is 2.53 bits per heavy atom. The molecule has 0 spiro atoms. The number of phenols is 1. The van der Waals surface area contributed by atoms with E-state index in [1.807, 2.05) is 19.9 Å². The van der Waals surface area contributed by atoms with Crippen molar-refractivity contribution in [2.24, 2.45) is 5.73 Å². The molecule has 0 aliphatic heterocycles. The molecule has 17 heavy (non-hydrogen) atoms. The standard InChI is InChI=1S/C13H18N2O2/c1-3-9(2)15-12(13(14)17)8-10-4-6-11(16)7-5-10/h3-7,12,15-16H,8H2,1-2H3,(H2,14,17)/b9-3+/t12-/m0/s1. The summed E-state index contributed by atoms with van der Waals surface area (Å²) in [6, 6.07) is 6.30. The quantitative estimate of drug-likeness (QED) is 0.719. The molecule has 4 nitrogen and oxygen atoms in total. The molecular weight excluding hydrogens is 216 g/mol. The average Bonchev–Trinajstić information content (AvgIpc) is 2.30. The Morgan fingerprint density at radius 1 is 1.47 bits per heavy atom. The number of rotatable bonds is 5. The number of hydrogen-bond donors (Lipinski definition) is 3. The van der Waals surface area contributed by atoms with Crippen molar-refractivity contribution in [3.05, 3.63) is 41.6 Å². The first-order chi connectivity index (χ1) is 8.02. The van der Waals surface area contributed by atoms with Gasteiger partial charge < -0.3 is 16.2 Å². The van der Waals surface area contributed by atoms with Crippen LogP contribution < -0.4 is 11.1 Å². The van der Waals surface area contributed by atoms with Gasteiger partial charge in [0.05, 0.1) is 0 Å². The molecule has 0 saturated heterocycles. The maximum Gasteiger partial charge on any atom is 0.240 e. The highest BCUT2D eigenvalue weighted by Gasteiger charge is 2.15. The summed E-state index contributed by atoms with van der Waals surface area (Å²) in [5.74, 6) is -0.179. The summed E-state index contributed by atoms with van der Waals surface area (Å²) in [5, 5.41) is 12.2. The maximum absolute atomic E-state index is 11.3. The van der Waals surface area contributed by atoms with Crippen molar-refractivity contribution < 1.29 is 9.90 Å². The van der Waals surface area contributed by atoms with Gasteiger partial charge in [-0.05, 0) is 31.5 Å². The molecule has 1 rings (SSSR count). The van der Waals surface area contributed by atoms with Crippen LogP contribution in [0.5, 0.6) is 5.75 Å². The van der Waals surface area contributed by atoms with Crippen LogP contribution >= 0.6 is 0 Å². The zero-order valence-electron chi connectivity index (χ0n) is 10.1. The summed E-state index contributed by atoms with van der Waals surface area (Å²) >= 11 is 0. The van der Waals surface area contributed by atoms with Crippen molar-refractivity contribution in [1.82, 2.24) is 5.32 Å². The van der Waals surface area contributed by atoms with Crippen LogP contribution in [0.4, 0.5) is 0 Å². The Hall–Kier alpha value is -1.97. The number of carbonyl (C=O) groups is 1. The van der Waals surface area contributed by atoms with E-state index in [9.17, 15) is 4.79 Å². The first kappa shape index (κ1) is 13.1. The van der Waals surface area contributed by atoms with Crippen LogP contribution in [0.15, 0.2) is 36.0 Å². The predicted octanol–water partition coefficient (Wildman–Crippen LogP) is 1.30. The third-order valence-corrected chi connectivity index (χ3v) is 2.55. The molecule has 0 aliphatic carbocycles. The molecule has 0 radical (unpaired) electrons. The Balaban J connectivity index is 2.73. The Bertz CT molecular complexity index is 410. The minimum Gasteiger partial charge on any atom is -0.508 e. The van der Waals surface area contributed by atoms with Crippen molar-refractivity contribution in [2.45, 2.75) is 26.3 Å². The second-order valence-corrected chi connectivity index (χ2v) is 3.94. The van der Waals surface area contributed by atoms with Gasteiger partial charge in [-0.3, -0.25) is 4.79 Å². The SMILES string of the molecule is C/C=C(\C)N[C@@H](Cc1ccc(O)cc1)C(N)=O. The van der Waals surface area contributed by atoms with Gasteiger partial charge in [-0.2, -0.15) is 0 Å². The zero-order valence-corrected chi connectivity index (χ0v) is 10.1. The first-order valence-electron chi connectivity index (χ1n) is 5.49. The molecule has 0 heterocycles. The lowest BCUT2D eigenvalue weighted by Gasteiger charge is -2.17. The number of benzene rings is 1. The maximum atomic E-state index is 11.3. The molecule has 1 amide bonds. The van der Waals surface area contributed by atoms with Crippen LogP contribution in [-0.2, 0) is 11.2 Å². The Morgan fingerprint density at radius 2 is 2.06 bits per heavy atom. The van der Waals surface area contributed by atoms with E-state index in [2.05, 4.69) is 5.32 Å². The topological polar surface area (TPSA) is 75.3 Å². The van der Waals surface area contributed by atoms with E-state index in [1.165, 1.54) is 0 Å². The number of nitrogens with two attached hydrogens (primary N) is 1. The van der Waals surface area contributed by atoms with E-state index in [0.717, 1.165) is 11.3 Å². The van der Waals surface area contributed by atoms with E-state index < -0.39 is 6.04 Å². The molecule has 0 aliphatic rings. The third kappa shape index (κ3) is 4.18. The second kappa shape index (κ2) is 5.94. The summed E-state index contributed by atoms with van der Waals surface area (Å²) in [6.45, 7) is 3.77. The van der Waals surface area contributed by atoms with Crippen molar-refractivity contribution in [3.63, 3.8) is 0 Å². The van der Waals surface area contributed by atoms with Gasteiger partial charge in [0.1, 0.15) is 11.8 Å². The van der Waals surface area contributed by atoms with Gasteiger partial charge in [-0.15, -0.1) is 0 Å². The number of aromatic hydroxyl groups is 1. The Kier molecular flexibility index (Phi) is 4.57. The average molecular weight is 234 g/mol. The molecule has 0 fully saturated rings. The van der Waals surface area contributed by atoms with Crippen molar-refractivity contribution in [3.8, 4) is 5.75 Å². The molecule has 1 atom stereocenters. The molecule has 1 aromatic rings. The fraction of sp³-hybridized carbons (Fsp3) is 0.308. The van der Waals surface area contributed by atoms with Gasteiger partial charge in [-0.25, -0.2) is 0 Å². The van der Waals surface area contributed by atoms with E-state index >= 15 is 0 Å². The monoisotopic (exact) mass is 234 g/mol. The number of allylic oxidation sites excluding steroid dienone is 2. The smallest absolute Gasteiger partial charge is 0.240 e. The van der Waals surface area contributed by atoms with Gasteiger partial charge in [0.25, 0.3) is 0 Å². The van der Waals surface area contributed by atoms with Gasteiger partial charge in [0.2, 0.25) is 5.91 Å². The summed E-state index contributed by atoms with van der Waals surface area (Å²) in [6.07, 6.45) is 2.38. The second-order valence-electron chi connectivity index (χ2n) is 3.94. The third-order valence-electron chi connectivity index (χ3n) is 2.55. The van der Waals surface area contributed by atoms with Crippen LogP contribution in [0.1, 0.15) is 19.4 Å². The summed E-state index contributed by atoms with van der Waals surface area (Å²) < 4.78 is 0. The van der Waals surface area contributed by atoms with E-state index in [0.29, 0.717) is 6.42 Å². The van der Waals surface area contributed by atoms with Gasteiger partial charge in [0, 0.05) is 12.1 Å². The minimum absolute atomic E-state index is 0.210. The van der Waals surface area contributed by atoms with Crippen LogP contribution in [0.3, 0.4) is 0 Å². The Labute approximate surface area is 101 Å². The summed E-state index contributed by atoms with van der Waals surface area (Å²) in [7, 11) is 0. The molecule has 0 bridgehead atoms. The van der Waals surface area contributed by atoms with Gasteiger partial charge in [0.15, 0.2) is 0 Å². The minimum atomic E-state index is -0.434. The number of phenolic OH excluding ortho intramolecular Hbond substituents is 1. The molecule has 0 unspecified atom stereocenters.